The normalized spacial score (nSPS) is 15.2. The summed E-state index contributed by atoms with van der Waals surface area (Å²) in [7, 11) is 0. The largest absolute Gasteiger partial charge is 0.341 e. The number of carbonyl (C=O) groups is 2. The molecule has 126 valence electrons. The van der Waals surface area contributed by atoms with Crippen LogP contribution >= 0.6 is 0 Å². The Morgan fingerprint density at radius 1 is 1.12 bits per heavy atom. The van der Waals surface area contributed by atoms with E-state index in [1.807, 2.05) is 36.1 Å². The zero-order chi connectivity index (χ0) is 16.9. The van der Waals surface area contributed by atoms with Gasteiger partial charge in [-0.3, -0.25) is 9.59 Å². The minimum atomic E-state index is -0.142. The second-order valence-electron chi connectivity index (χ2n) is 5.99. The first-order valence-corrected chi connectivity index (χ1v) is 8.12. The number of aryl methyl sites for hydroxylation is 1. The molecule has 7 nitrogen and oxygen atoms in total. The van der Waals surface area contributed by atoms with Crippen LogP contribution in [0.2, 0.25) is 0 Å². The Kier molecular flexibility index (Phi) is 4.88. The fourth-order valence-corrected chi connectivity index (χ4v) is 2.92. The van der Waals surface area contributed by atoms with Crippen molar-refractivity contribution in [2.24, 2.45) is 0 Å². The van der Waals surface area contributed by atoms with Gasteiger partial charge in [-0.1, -0.05) is 24.3 Å². The molecule has 0 aliphatic carbocycles. The molecular formula is C17H21N5O2. The maximum Gasteiger partial charge on any atom is 0.276 e. The van der Waals surface area contributed by atoms with Crippen LogP contribution in [0.5, 0.6) is 0 Å². The van der Waals surface area contributed by atoms with Crippen LogP contribution in [0.15, 0.2) is 30.5 Å². The highest BCUT2D eigenvalue weighted by atomic mass is 16.2. The maximum absolute atomic E-state index is 12.6. The SMILES string of the molecule is Cc1ccccc1CC(=O)N1CCCN(C(=O)c2cn[nH]n2)CC1. The number of carbonyl (C=O) groups excluding carboxylic acids is 2. The van der Waals surface area contributed by atoms with E-state index >= 15 is 0 Å². The average Bonchev–Trinajstić information content (AvgIpc) is 3.00. The minimum absolute atomic E-state index is 0.111. The van der Waals surface area contributed by atoms with Gasteiger partial charge in [-0.15, -0.1) is 0 Å². The first-order valence-electron chi connectivity index (χ1n) is 8.12. The van der Waals surface area contributed by atoms with Crippen molar-refractivity contribution in [1.29, 1.82) is 0 Å². The zero-order valence-electron chi connectivity index (χ0n) is 13.7. The fourth-order valence-electron chi connectivity index (χ4n) is 2.92. The summed E-state index contributed by atoms with van der Waals surface area (Å²) in [5.74, 6) is -0.0306. The van der Waals surface area contributed by atoms with Crippen LogP contribution in [0.1, 0.15) is 28.0 Å². The van der Waals surface area contributed by atoms with Crippen LogP contribution in [0.25, 0.3) is 0 Å². The molecule has 1 aromatic carbocycles. The van der Waals surface area contributed by atoms with Gasteiger partial charge in [0.05, 0.1) is 12.6 Å². The fraction of sp³-hybridized carbons (Fsp3) is 0.412. The summed E-state index contributed by atoms with van der Waals surface area (Å²) in [6, 6.07) is 7.94. The van der Waals surface area contributed by atoms with Crippen LogP contribution in [0, 0.1) is 6.92 Å². The lowest BCUT2D eigenvalue weighted by Crippen LogP contribution is -2.38. The van der Waals surface area contributed by atoms with Crippen molar-refractivity contribution < 1.29 is 9.59 Å². The molecule has 0 bridgehead atoms. The van der Waals surface area contributed by atoms with E-state index in [1.165, 1.54) is 6.20 Å². The Balaban J connectivity index is 1.60. The van der Waals surface area contributed by atoms with Gasteiger partial charge < -0.3 is 9.80 Å². The van der Waals surface area contributed by atoms with Gasteiger partial charge in [-0.25, -0.2) is 0 Å². The van der Waals surface area contributed by atoms with Crippen molar-refractivity contribution in [1.82, 2.24) is 25.2 Å². The summed E-state index contributed by atoms with van der Waals surface area (Å²) in [6.45, 7) is 4.38. The van der Waals surface area contributed by atoms with E-state index in [4.69, 9.17) is 0 Å². The number of H-pyrrole nitrogens is 1. The van der Waals surface area contributed by atoms with Crippen LogP contribution in [-0.2, 0) is 11.2 Å². The molecule has 24 heavy (non-hydrogen) atoms. The van der Waals surface area contributed by atoms with Gasteiger partial charge in [0.2, 0.25) is 5.91 Å². The highest BCUT2D eigenvalue weighted by molar-refractivity contribution is 5.92. The standard InChI is InChI=1S/C17H21N5O2/c1-13-5-2-3-6-14(13)11-16(23)21-7-4-8-22(10-9-21)17(24)15-12-18-20-19-15/h2-3,5-6,12H,4,7-11H2,1H3,(H,18,19,20). The molecule has 2 amide bonds. The lowest BCUT2D eigenvalue weighted by Gasteiger charge is -2.22. The number of hydrogen-bond donors (Lipinski definition) is 1. The van der Waals surface area contributed by atoms with Gasteiger partial charge in [-0.05, 0) is 24.5 Å². The number of rotatable bonds is 3. The van der Waals surface area contributed by atoms with Crippen LogP contribution in [-0.4, -0.2) is 63.2 Å². The van der Waals surface area contributed by atoms with Crippen molar-refractivity contribution in [3.05, 3.63) is 47.3 Å². The summed E-state index contributed by atoms with van der Waals surface area (Å²) in [5, 5.41) is 9.96. The first-order chi connectivity index (χ1) is 11.6. The molecule has 0 radical (unpaired) electrons. The van der Waals surface area contributed by atoms with Crippen LogP contribution in [0.4, 0.5) is 0 Å². The Labute approximate surface area is 140 Å². The van der Waals surface area contributed by atoms with Gasteiger partial charge in [-0.2, -0.15) is 15.4 Å². The van der Waals surface area contributed by atoms with E-state index in [9.17, 15) is 9.59 Å². The summed E-state index contributed by atoms with van der Waals surface area (Å²) in [4.78, 5) is 28.5. The van der Waals surface area contributed by atoms with E-state index in [-0.39, 0.29) is 11.8 Å². The topological polar surface area (TPSA) is 82.2 Å². The number of nitrogens with zero attached hydrogens (tertiary/aromatic N) is 4. The molecule has 1 N–H and O–H groups in total. The van der Waals surface area contributed by atoms with Gasteiger partial charge >= 0.3 is 0 Å². The second kappa shape index (κ2) is 7.25. The summed E-state index contributed by atoms with van der Waals surface area (Å²) >= 11 is 0. The summed E-state index contributed by atoms with van der Waals surface area (Å²) < 4.78 is 0. The van der Waals surface area contributed by atoms with Crippen molar-refractivity contribution in [2.45, 2.75) is 19.8 Å². The first kappa shape index (κ1) is 16.2. The number of nitrogens with one attached hydrogen (secondary N) is 1. The number of amides is 2. The molecule has 3 rings (SSSR count). The van der Waals surface area contributed by atoms with Crippen LogP contribution < -0.4 is 0 Å². The third kappa shape index (κ3) is 3.61. The number of aromatic nitrogens is 3. The summed E-state index contributed by atoms with van der Waals surface area (Å²) in [6.07, 6.45) is 2.60. The highest BCUT2D eigenvalue weighted by Crippen LogP contribution is 2.12. The quantitative estimate of drug-likeness (QED) is 0.913. The van der Waals surface area contributed by atoms with Gasteiger partial charge in [0.25, 0.3) is 5.91 Å². The molecule has 1 fully saturated rings. The van der Waals surface area contributed by atoms with E-state index < -0.39 is 0 Å². The predicted octanol–water partition coefficient (Wildman–Crippen LogP) is 1.03. The second-order valence-corrected chi connectivity index (χ2v) is 5.99. The van der Waals surface area contributed by atoms with E-state index in [2.05, 4.69) is 15.4 Å². The Morgan fingerprint density at radius 2 is 1.88 bits per heavy atom. The maximum atomic E-state index is 12.6. The van der Waals surface area contributed by atoms with Crippen molar-refractivity contribution in [3.63, 3.8) is 0 Å². The molecule has 1 saturated heterocycles. The smallest absolute Gasteiger partial charge is 0.276 e. The van der Waals surface area contributed by atoms with E-state index in [0.29, 0.717) is 38.3 Å². The molecule has 2 heterocycles. The minimum Gasteiger partial charge on any atom is -0.341 e. The molecule has 2 aromatic rings. The zero-order valence-corrected chi connectivity index (χ0v) is 13.7. The Bertz CT molecular complexity index is 714. The number of hydrogen-bond acceptors (Lipinski definition) is 4. The Hall–Kier alpha value is -2.70. The molecule has 0 saturated carbocycles. The molecule has 7 heteroatoms. The van der Waals surface area contributed by atoms with Crippen LogP contribution in [0.3, 0.4) is 0 Å². The van der Waals surface area contributed by atoms with Crippen molar-refractivity contribution >= 4 is 11.8 Å². The molecule has 0 atom stereocenters. The van der Waals surface area contributed by atoms with E-state index in [0.717, 1.165) is 17.5 Å². The molecule has 1 aliphatic rings. The van der Waals surface area contributed by atoms with E-state index in [1.54, 1.807) is 4.90 Å². The van der Waals surface area contributed by atoms with Gasteiger partial charge in [0, 0.05) is 26.2 Å². The third-order valence-electron chi connectivity index (χ3n) is 4.37. The predicted molar refractivity (Wildman–Crippen MR) is 88.4 cm³/mol. The number of benzene rings is 1. The average molecular weight is 327 g/mol. The van der Waals surface area contributed by atoms with Crippen molar-refractivity contribution in [2.75, 3.05) is 26.2 Å². The molecule has 0 unspecified atom stereocenters. The molecular weight excluding hydrogens is 306 g/mol. The molecule has 1 aromatic heterocycles. The highest BCUT2D eigenvalue weighted by Gasteiger charge is 2.24. The molecule has 0 spiro atoms. The Morgan fingerprint density at radius 3 is 2.62 bits per heavy atom. The lowest BCUT2D eigenvalue weighted by molar-refractivity contribution is -0.130. The summed E-state index contributed by atoms with van der Waals surface area (Å²) in [5.41, 5.74) is 2.50. The van der Waals surface area contributed by atoms with Gasteiger partial charge in [0.1, 0.15) is 0 Å². The lowest BCUT2D eigenvalue weighted by atomic mass is 10.1. The number of aromatic amines is 1. The third-order valence-corrected chi connectivity index (χ3v) is 4.37. The van der Waals surface area contributed by atoms with Gasteiger partial charge in [0.15, 0.2) is 5.69 Å². The van der Waals surface area contributed by atoms with Crippen molar-refractivity contribution in [3.8, 4) is 0 Å². The monoisotopic (exact) mass is 327 g/mol. The molecule has 1 aliphatic heterocycles.